The van der Waals surface area contributed by atoms with E-state index >= 15 is 0 Å². The summed E-state index contributed by atoms with van der Waals surface area (Å²) in [5.41, 5.74) is 26.3. The molecule has 454 valence electrons. The molecular weight excluding hydrogens is 1080 g/mol. The molecule has 0 bridgehead atoms. The molecule has 0 aliphatic heterocycles. The molecular formula is C85H94N4. The Morgan fingerprint density at radius 1 is 0.225 bits per heavy atom. The molecule has 0 amide bonds. The minimum atomic E-state index is 0.254. The molecule has 0 saturated carbocycles. The molecule has 0 radical (unpaired) electrons. The fraction of sp³-hybridized carbons (Fsp3) is 0.294. The van der Waals surface area contributed by atoms with Gasteiger partial charge < -0.3 is 0 Å². The largest absolute Gasteiger partial charge is 0.248 e. The van der Waals surface area contributed by atoms with Gasteiger partial charge in [0.2, 0.25) is 0 Å². The van der Waals surface area contributed by atoms with E-state index in [0.717, 1.165) is 70.5 Å². The summed E-state index contributed by atoms with van der Waals surface area (Å²) in [7, 11) is 0. The average Bonchev–Trinajstić information content (AvgIpc) is 3.44. The predicted molar refractivity (Wildman–Crippen MR) is 385 cm³/mol. The molecule has 0 unspecified atom stereocenters. The van der Waals surface area contributed by atoms with Crippen LogP contribution >= 0.6 is 0 Å². The molecule has 4 heteroatoms. The number of fused-ring (bicyclic) bond motifs is 4. The molecule has 0 saturated heterocycles. The lowest BCUT2D eigenvalue weighted by atomic mass is 9.86. The normalized spacial score (nSPS) is 11.8. The number of pyridine rings is 4. The fourth-order valence-corrected chi connectivity index (χ4v) is 12.1. The van der Waals surface area contributed by atoms with Crippen LogP contribution in [0.3, 0.4) is 0 Å². The summed E-state index contributed by atoms with van der Waals surface area (Å²) in [5.74, 6) is 0. The summed E-state index contributed by atoms with van der Waals surface area (Å²) in [6, 6.07) is 75.4. The smallest absolute Gasteiger partial charge is 0.0712 e. The van der Waals surface area contributed by atoms with Gasteiger partial charge in [0.25, 0.3) is 0 Å². The van der Waals surface area contributed by atoms with Gasteiger partial charge >= 0.3 is 0 Å². The van der Waals surface area contributed by atoms with Crippen LogP contribution in [0.15, 0.2) is 212 Å². The van der Waals surface area contributed by atoms with Crippen molar-refractivity contribution in [3.8, 4) is 45.0 Å². The number of hydrogen-bond donors (Lipinski definition) is 0. The molecule has 8 aromatic carbocycles. The number of aryl methyl sites for hydroxylation is 5. The fourth-order valence-electron chi connectivity index (χ4n) is 12.1. The third kappa shape index (κ3) is 18.3. The lowest BCUT2D eigenvalue weighted by molar-refractivity contribution is 0.412. The van der Waals surface area contributed by atoms with Crippen molar-refractivity contribution in [1.82, 2.24) is 19.9 Å². The standard InChI is InChI=1S/2C22H25N.C21H23N.C20H21N/c1-15-11-16(2)13-18(12-15)20-10-9-19-17(14-22(3,4)5)7-6-8-21(19)23-20;1-15-10-16(2)12-17(11-15)21-13-18(14-22(3,4)5)19-8-6-7-9-20(19)23-21;1-15-7-5-8-16(13-15)19-12-11-18-17(14-21(2,3)4)9-6-10-20(18)22-19;1-20(2,3)14-16-10-7-11-19-17(16)12-13-18(21-19)15-8-5-4-6-9-15/h2*6-13H,14H2,1-5H3;5-13H,14H2,1-4H3;4-13H,14H2,1-3H3. The van der Waals surface area contributed by atoms with Gasteiger partial charge in [-0.3, -0.25) is 0 Å². The van der Waals surface area contributed by atoms with E-state index in [4.69, 9.17) is 19.9 Å². The summed E-state index contributed by atoms with van der Waals surface area (Å²) in [6.07, 6.45) is 4.25. The Kier molecular flexibility index (Phi) is 20.0. The number of aromatic nitrogens is 4. The van der Waals surface area contributed by atoms with Crippen molar-refractivity contribution in [2.75, 3.05) is 0 Å². The molecule has 0 atom stereocenters. The van der Waals surface area contributed by atoms with E-state index in [1.165, 1.54) is 93.9 Å². The van der Waals surface area contributed by atoms with Crippen molar-refractivity contribution >= 4 is 43.6 Å². The number of nitrogens with zero attached hydrogens (tertiary/aromatic N) is 4. The van der Waals surface area contributed by atoms with Crippen molar-refractivity contribution in [3.05, 3.63) is 262 Å². The minimum Gasteiger partial charge on any atom is -0.248 e. The molecule has 0 fully saturated rings. The maximum absolute atomic E-state index is 4.92. The highest BCUT2D eigenvalue weighted by Crippen LogP contribution is 2.34. The molecule has 0 N–H and O–H groups in total. The Morgan fingerprint density at radius 2 is 0.528 bits per heavy atom. The summed E-state index contributed by atoms with van der Waals surface area (Å²) in [6.45, 7) is 38.1. The monoisotopic (exact) mass is 1170 g/mol. The van der Waals surface area contributed by atoms with Crippen LogP contribution in [0.1, 0.15) is 133 Å². The maximum Gasteiger partial charge on any atom is 0.0712 e. The molecule has 0 aliphatic rings. The highest BCUT2D eigenvalue weighted by Gasteiger charge is 2.19. The second kappa shape index (κ2) is 27.4. The molecule has 4 nitrogen and oxygen atoms in total. The number of benzene rings is 8. The highest BCUT2D eigenvalue weighted by molar-refractivity contribution is 5.88. The quantitative estimate of drug-likeness (QED) is 0.152. The molecule has 12 rings (SSSR count). The van der Waals surface area contributed by atoms with Gasteiger partial charge in [0, 0.05) is 43.8 Å². The van der Waals surface area contributed by atoms with E-state index in [1.54, 1.807) is 0 Å². The Balaban J connectivity index is 0.000000141. The van der Waals surface area contributed by atoms with Gasteiger partial charge in [0.05, 0.1) is 44.8 Å². The molecule has 0 spiro atoms. The maximum atomic E-state index is 4.92. The summed E-state index contributed by atoms with van der Waals surface area (Å²) in [5, 5.41) is 5.09. The van der Waals surface area contributed by atoms with Gasteiger partial charge in [-0.05, 0) is 183 Å². The second-order valence-electron chi connectivity index (χ2n) is 29.7. The van der Waals surface area contributed by atoms with Crippen LogP contribution in [-0.2, 0) is 25.7 Å². The van der Waals surface area contributed by atoms with E-state index in [2.05, 4.69) is 324 Å². The SMILES string of the molecule is CC(C)(C)Cc1cccc2nc(-c3ccccc3)ccc12.Cc1cc(C)cc(-c2cc(CC(C)(C)C)c3ccccc3n2)c1.Cc1cc(C)cc(-c2ccc3c(CC(C)(C)C)cccc3n2)c1.Cc1cccc(-c2ccc3c(CC(C)(C)C)cccc3n2)c1. The summed E-state index contributed by atoms with van der Waals surface area (Å²) in [4.78, 5) is 19.6. The third-order valence-electron chi connectivity index (χ3n) is 15.6. The summed E-state index contributed by atoms with van der Waals surface area (Å²) < 4.78 is 0. The molecule has 4 heterocycles. The first-order chi connectivity index (χ1) is 42.1. The lowest BCUT2D eigenvalue weighted by Crippen LogP contribution is -2.10. The van der Waals surface area contributed by atoms with Crippen LogP contribution in [0.2, 0.25) is 0 Å². The van der Waals surface area contributed by atoms with Gasteiger partial charge in [-0.1, -0.05) is 244 Å². The number of para-hydroxylation sites is 1. The predicted octanol–water partition coefficient (Wildman–Crippen LogP) is 23.5. The van der Waals surface area contributed by atoms with Crippen molar-refractivity contribution in [1.29, 1.82) is 0 Å². The zero-order valence-corrected chi connectivity index (χ0v) is 56.3. The highest BCUT2D eigenvalue weighted by atomic mass is 14.7. The lowest BCUT2D eigenvalue weighted by Gasteiger charge is -2.20. The first-order valence-electron chi connectivity index (χ1n) is 31.9. The van der Waals surface area contributed by atoms with E-state index in [-0.39, 0.29) is 21.7 Å². The van der Waals surface area contributed by atoms with Gasteiger partial charge in [0.15, 0.2) is 0 Å². The Morgan fingerprint density at radius 3 is 0.944 bits per heavy atom. The van der Waals surface area contributed by atoms with Crippen molar-refractivity contribution in [3.63, 3.8) is 0 Å². The molecule has 0 aliphatic carbocycles. The first kappa shape index (κ1) is 64.9. The third-order valence-corrected chi connectivity index (χ3v) is 15.6. The Hall–Kier alpha value is -8.60. The summed E-state index contributed by atoms with van der Waals surface area (Å²) >= 11 is 0. The van der Waals surface area contributed by atoms with Crippen LogP contribution in [-0.4, -0.2) is 19.9 Å². The van der Waals surface area contributed by atoms with Crippen molar-refractivity contribution in [2.45, 2.75) is 143 Å². The topological polar surface area (TPSA) is 51.6 Å². The van der Waals surface area contributed by atoms with Crippen molar-refractivity contribution in [2.24, 2.45) is 21.7 Å². The Bertz CT molecular complexity index is 4350. The van der Waals surface area contributed by atoms with Gasteiger partial charge in [-0.25, -0.2) is 19.9 Å². The van der Waals surface area contributed by atoms with Gasteiger partial charge in [-0.2, -0.15) is 0 Å². The average molecular weight is 1170 g/mol. The van der Waals surface area contributed by atoms with Gasteiger partial charge in [-0.15, -0.1) is 0 Å². The van der Waals surface area contributed by atoms with E-state index in [9.17, 15) is 0 Å². The number of hydrogen-bond acceptors (Lipinski definition) is 4. The second-order valence-corrected chi connectivity index (χ2v) is 29.7. The van der Waals surface area contributed by atoms with Gasteiger partial charge in [0.1, 0.15) is 0 Å². The zero-order valence-electron chi connectivity index (χ0n) is 56.3. The molecule has 12 aromatic rings. The van der Waals surface area contributed by atoms with Crippen LogP contribution in [0, 0.1) is 56.3 Å². The van der Waals surface area contributed by atoms with Crippen LogP contribution in [0.4, 0.5) is 0 Å². The Labute approximate surface area is 533 Å². The van der Waals surface area contributed by atoms with E-state index in [1.807, 2.05) is 6.07 Å². The first-order valence-corrected chi connectivity index (χ1v) is 31.9. The van der Waals surface area contributed by atoms with Crippen LogP contribution < -0.4 is 0 Å². The van der Waals surface area contributed by atoms with E-state index in [0.29, 0.717) is 0 Å². The van der Waals surface area contributed by atoms with Crippen LogP contribution in [0.25, 0.3) is 88.6 Å². The number of rotatable bonds is 8. The molecule has 4 aromatic heterocycles. The molecule has 89 heavy (non-hydrogen) atoms. The van der Waals surface area contributed by atoms with Crippen LogP contribution in [0.5, 0.6) is 0 Å². The minimum absolute atomic E-state index is 0.254. The van der Waals surface area contributed by atoms with Crippen molar-refractivity contribution < 1.29 is 0 Å². The zero-order chi connectivity index (χ0) is 63.8. The van der Waals surface area contributed by atoms with E-state index < -0.39 is 0 Å².